The topological polar surface area (TPSA) is 78.8 Å². The van der Waals surface area contributed by atoms with E-state index in [1.54, 1.807) is 35.2 Å². The smallest absolute Gasteiger partial charge is 0.275 e. The van der Waals surface area contributed by atoms with Gasteiger partial charge in [0.2, 0.25) is 0 Å². The highest BCUT2D eigenvalue weighted by molar-refractivity contribution is 5.53. The first-order valence-corrected chi connectivity index (χ1v) is 4.41. The number of nitrogens with one attached hydrogen (secondary N) is 2. The second-order valence-corrected chi connectivity index (χ2v) is 3.13. The fourth-order valence-corrected chi connectivity index (χ4v) is 1.45. The van der Waals surface area contributed by atoms with Crippen molar-refractivity contribution < 1.29 is 0 Å². The third-order valence-corrected chi connectivity index (χ3v) is 2.17. The molecule has 2 N–H and O–H groups in total. The maximum atomic E-state index is 11.6. The predicted molar refractivity (Wildman–Crippen MR) is 53.4 cm³/mol. The lowest BCUT2D eigenvalue weighted by molar-refractivity contribution is 0.899. The molecule has 6 nitrogen and oxygen atoms in total. The molecule has 74 valence electrons. The summed E-state index contributed by atoms with van der Waals surface area (Å²) in [5, 5.41) is 10.7. The van der Waals surface area contributed by atoms with Gasteiger partial charge in [-0.2, -0.15) is 5.10 Å². The van der Waals surface area contributed by atoms with Crippen LogP contribution in [0, 0.1) is 0 Å². The van der Waals surface area contributed by atoms with E-state index in [0.29, 0.717) is 11.3 Å². The van der Waals surface area contributed by atoms with E-state index in [1.807, 2.05) is 0 Å². The van der Waals surface area contributed by atoms with E-state index < -0.39 is 0 Å². The van der Waals surface area contributed by atoms with Gasteiger partial charge >= 0.3 is 0 Å². The summed E-state index contributed by atoms with van der Waals surface area (Å²) < 4.78 is 1.54. The molecule has 6 heteroatoms. The van der Waals surface area contributed by atoms with E-state index in [0.717, 1.165) is 5.56 Å². The number of hydrogen-bond acceptors (Lipinski definition) is 3. The molecule has 15 heavy (non-hydrogen) atoms. The zero-order valence-electron chi connectivity index (χ0n) is 7.64. The fourth-order valence-electron chi connectivity index (χ4n) is 1.45. The van der Waals surface area contributed by atoms with Crippen molar-refractivity contribution in [3.8, 4) is 11.4 Å². The largest absolute Gasteiger partial charge is 0.303 e. The molecule has 3 rings (SSSR count). The first-order chi connectivity index (χ1) is 7.34. The van der Waals surface area contributed by atoms with Gasteiger partial charge in [0.1, 0.15) is 5.52 Å². The van der Waals surface area contributed by atoms with Gasteiger partial charge in [0, 0.05) is 12.4 Å². The number of fused-ring (bicyclic) bond motifs is 1. The Kier molecular flexibility index (Phi) is 1.49. The van der Waals surface area contributed by atoms with E-state index in [9.17, 15) is 4.79 Å². The number of aromatic nitrogens is 5. The Morgan fingerprint density at radius 1 is 1.40 bits per heavy atom. The zero-order valence-corrected chi connectivity index (χ0v) is 7.64. The van der Waals surface area contributed by atoms with Gasteiger partial charge in [0.25, 0.3) is 5.56 Å². The molecule has 0 aliphatic carbocycles. The van der Waals surface area contributed by atoms with Crippen LogP contribution in [0.15, 0.2) is 35.5 Å². The minimum absolute atomic E-state index is 0.161. The van der Waals surface area contributed by atoms with Crippen molar-refractivity contribution in [2.75, 3.05) is 0 Å². The van der Waals surface area contributed by atoms with Gasteiger partial charge in [0.15, 0.2) is 5.82 Å². The molecule has 0 amide bonds. The lowest BCUT2D eigenvalue weighted by atomic mass is 10.3. The number of H-pyrrole nitrogens is 2. The van der Waals surface area contributed by atoms with Crippen molar-refractivity contribution in [1.82, 2.24) is 24.8 Å². The van der Waals surface area contributed by atoms with Gasteiger partial charge in [-0.25, -0.2) is 4.52 Å². The highest BCUT2D eigenvalue weighted by atomic mass is 16.1. The average molecular weight is 201 g/mol. The normalized spacial score (nSPS) is 10.9. The molecular weight excluding hydrogens is 194 g/mol. The van der Waals surface area contributed by atoms with Crippen molar-refractivity contribution in [2.45, 2.75) is 0 Å². The van der Waals surface area contributed by atoms with E-state index in [-0.39, 0.29) is 5.56 Å². The molecule has 0 bridgehead atoms. The van der Waals surface area contributed by atoms with E-state index in [2.05, 4.69) is 20.3 Å². The van der Waals surface area contributed by atoms with E-state index in [4.69, 9.17) is 0 Å². The molecule has 0 aliphatic rings. The molecule has 3 heterocycles. The molecule has 0 radical (unpaired) electrons. The van der Waals surface area contributed by atoms with Gasteiger partial charge in [-0.05, 0) is 12.1 Å². The van der Waals surface area contributed by atoms with Crippen molar-refractivity contribution in [3.05, 3.63) is 41.1 Å². The molecule has 0 saturated heterocycles. The Balaban J connectivity index is 2.34. The molecule has 0 saturated carbocycles. The molecule has 0 unspecified atom stereocenters. The maximum absolute atomic E-state index is 11.6. The summed E-state index contributed by atoms with van der Waals surface area (Å²) in [6.45, 7) is 0. The van der Waals surface area contributed by atoms with Crippen LogP contribution in [0.1, 0.15) is 0 Å². The number of nitrogens with zero attached hydrogens (tertiary/aromatic N) is 3. The van der Waals surface area contributed by atoms with Gasteiger partial charge in [-0.15, -0.1) is 5.10 Å². The molecule has 0 fully saturated rings. The Morgan fingerprint density at radius 2 is 2.33 bits per heavy atom. The summed E-state index contributed by atoms with van der Waals surface area (Å²) in [6.07, 6.45) is 5.01. The average Bonchev–Trinajstić information content (AvgIpc) is 2.88. The number of aromatic amines is 2. The Hall–Kier alpha value is -2.37. The van der Waals surface area contributed by atoms with Crippen LogP contribution >= 0.6 is 0 Å². The third-order valence-electron chi connectivity index (χ3n) is 2.17. The van der Waals surface area contributed by atoms with Crippen molar-refractivity contribution in [1.29, 1.82) is 0 Å². The highest BCUT2D eigenvalue weighted by Crippen LogP contribution is 2.09. The summed E-state index contributed by atoms with van der Waals surface area (Å²) in [6, 6.07) is 3.49. The minimum Gasteiger partial charge on any atom is -0.303 e. The van der Waals surface area contributed by atoms with Crippen molar-refractivity contribution >= 4 is 5.52 Å². The molecule has 0 aliphatic heterocycles. The SMILES string of the molecule is O=c1[nH]c(-c2cn[nH]c2)nn2cccc12. The van der Waals surface area contributed by atoms with Crippen LogP contribution in [0.4, 0.5) is 0 Å². The van der Waals surface area contributed by atoms with Crippen molar-refractivity contribution in [2.24, 2.45) is 0 Å². The summed E-state index contributed by atoms with van der Waals surface area (Å²) in [7, 11) is 0. The van der Waals surface area contributed by atoms with Crippen LogP contribution in [0.2, 0.25) is 0 Å². The summed E-state index contributed by atoms with van der Waals surface area (Å²) >= 11 is 0. The highest BCUT2D eigenvalue weighted by Gasteiger charge is 2.05. The second kappa shape index (κ2) is 2.81. The molecule has 0 aromatic carbocycles. The van der Waals surface area contributed by atoms with Crippen LogP contribution in [0.3, 0.4) is 0 Å². The van der Waals surface area contributed by atoms with E-state index >= 15 is 0 Å². The lowest BCUT2D eigenvalue weighted by Crippen LogP contribution is -2.12. The summed E-state index contributed by atoms with van der Waals surface area (Å²) in [5.74, 6) is 0.498. The van der Waals surface area contributed by atoms with Crippen LogP contribution in [0.5, 0.6) is 0 Å². The van der Waals surface area contributed by atoms with Gasteiger partial charge < -0.3 is 4.98 Å². The standard InChI is InChI=1S/C9H7N5O/c15-9-7-2-1-3-14(7)13-8(12-9)6-4-10-11-5-6/h1-5H,(H,10,11)(H,12,13,15). The minimum atomic E-state index is -0.161. The first-order valence-electron chi connectivity index (χ1n) is 4.41. The summed E-state index contributed by atoms with van der Waals surface area (Å²) in [4.78, 5) is 14.3. The van der Waals surface area contributed by atoms with E-state index in [1.165, 1.54) is 0 Å². The maximum Gasteiger partial charge on any atom is 0.275 e. The number of hydrogen-bond donors (Lipinski definition) is 2. The predicted octanol–water partition coefficient (Wildman–Crippen LogP) is 0.413. The van der Waals surface area contributed by atoms with Gasteiger partial charge in [-0.3, -0.25) is 9.89 Å². The lowest BCUT2D eigenvalue weighted by Gasteiger charge is -1.97. The fraction of sp³-hybridized carbons (Fsp3) is 0. The Bertz CT molecular complexity index is 649. The number of rotatable bonds is 1. The van der Waals surface area contributed by atoms with Crippen LogP contribution < -0.4 is 5.56 Å². The Morgan fingerprint density at radius 3 is 3.13 bits per heavy atom. The zero-order chi connectivity index (χ0) is 10.3. The quantitative estimate of drug-likeness (QED) is 0.598. The first kappa shape index (κ1) is 7.98. The second-order valence-electron chi connectivity index (χ2n) is 3.13. The Labute approximate surface area is 83.6 Å². The van der Waals surface area contributed by atoms with Crippen LogP contribution in [-0.2, 0) is 0 Å². The molecular formula is C9H7N5O. The molecule has 0 spiro atoms. The van der Waals surface area contributed by atoms with Crippen molar-refractivity contribution in [3.63, 3.8) is 0 Å². The molecule has 3 aromatic rings. The molecule has 3 aromatic heterocycles. The van der Waals surface area contributed by atoms with Crippen LogP contribution in [-0.4, -0.2) is 24.8 Å². The van der Waals surface area contributed by atoms with Gasteiger partial charge in [0.05, 0.1) is 11.8 Å². The van der Waals surface area contributed by atoms with Crippen LogP contribution in [0.25, 0.3) is 16.9 Å². The summed E-state index contributed by atoms with van der Waals surface area (Å²) in [5.41, 5.74) is 1.12. The third kappa shape index (κ3) is 1.15. The monoisotopic (exact) mass is 201 g/mol. The molecule has 0 atom stereocenters. The van der Waals surface area contributed by atoms with Gasteiger partial charge in [-0.1, -0.05) is 0 Å².